The molecule has 0 aromatic carbocycles. The van der Waals surface area contributed by atoms with Crippen molar-refractivity contribution in [3.05, 3.63) is 21.3 Å². The zero-order valence-electron chi connectivity index (χ0n) is 7.50. The summed E-state index contributed by atoms with van der Waals surface area (Å²) in [6.07, 6.45) is 0.569. The van der Waals surface area contributed by atoms with Crippen LogP contribution in [0.3, 0.4) is 0 Å². The molecule has 0 radical (unpaired) electrons. The molecule has 0 aliphatic carbocycles. The van der Waals surface area contributed by atoms with E-state index in [0.29, 0.717) is 10.8 Å². The van der Waals surface area contributed by atoms with Gasteiger partial charge < -0.3 is 5.11 Å². The van der Waals surface area contributed by atoms with Crippen molar-refractivity contribution >= 4 is 28.9 Å². The van der Waals surface area contributed by atoms with Gasteiger partial charge in [-0.25, -0.2) is 0 Å². The molecular formula is C9H11ClO2S. The third-order valence-corrected chi connectivity index (χ3v) is 3.79. The highest BCUT2D eigenvalue weighted by molar-refractivity contribution is 7.16. The van der Waals surface area contributed by atoms with Crippen molar-refractivity contribution in [1.29, 1.82) is 0 Å². The minimum Gasteiger partial charge on any atom is -0.481 e. The molecule has 1 aromatic heterocycles. The van der Waals surface area contributed by atoms with Crippen molar-refractivity contribution in [1.82, 2.24) is 0 Å². The lowest BCUT2D eigenvalue weighted by atomic mass is 9.86. The van der Waals surface area contributed by atoms with Crippen molar-refractivity contribution in [3.63, 3.8) is 0 Å². The van der Waals surface area contributed by atoms with E-state index in [4.69, 9.17) is 16.7 Å². The first-order valence-electron chi connectivity index (χ1n) is 4.00. The first-order chi connectivity index (χ1) is 6.00. The summed E-state index contributed by atoms with van der Waals surface area (Å²) < 4.78 is 0.635. The molecule has 0 saturated heterocycles. The van der Waals surface area contributed by atoms with E-state index in [1.54, 1.807) is 19.1 Å². The third-order valence-electron chi connectivity index (χ3n) is 2.30. The van der Waals surface area contributed by atoms with Crippen molar-refractivity contribution in [2.45, 2.75) is 25.7 Å². The predicted octanol–water partition coefficient (Wildman–Crippen LogP) is 3.15. The quantitative estimate of drug-likeness (QED) is 0.846. The minimum absolute atomic E-state index is 0.569. The molecule has 1 unspecified atom stereocenters. The molecule has 0 aliphatic rings. The van der Waals surface area contributed by atoms with E-state index in [-0.39, 0.29) is 0 Å². The van der Waals surface area contributed by atoms with Gasteiger partial charge in [-0.15, -0.1) is 11.3 Å². The van der Waals surface area contributed by atoms with Gasteiger partial charge in [-0.2, -0.15) is 0 Å². The summed E-state index contributed by atoms with van der Waals surface area (Å²) >= 11 is 7.09. The Labute approximate surface area is 86.2 Å². The van der Waals surface area contributed by atoms with Gasteiger partial charge in [-0.05, 0) is 25.5 Å². The van der Waals surface area contributed by atoms with Gasteiger partial charge in [0.25, 0.3) is 0 Å². The first kappa shape index (κ1) is 10.5. The van der Waals surface area contributed by atoms with Crippen molar-refractivity contribution in [3.8, 4) is 0 Å². The van der Waals surface area contributed by atoms with Crippen LogP contribution in [0, 0.1) is 0 Å². The average Bonchev–Trinajstić information content (AvgIpc) is 2.50. The Hall–Kier alpha value is -0.540. The van der Waals surface area contributed by atoms with Crippen LogP contribution >= 0.6 is 22.9 Å². The van der Waals surface area contributed by atoms with Crippen LogP contribution in [0.4, 0.5) is 0 Å². The highest BCUT2D eigenvalue weighted by atomic mass is 35.5. The fourth-order valence-corrected chi connectivity index (χ4v) is 2.29. The molecule has 4 heteroatoms. The van der Waals surface area contributed by atoms with Gasteiger partial charge in [0, 0.05) is 4.88 Å². The van der Waals surface area contributed by atoms with Crippen LogP contribution in [0.15, 0.2) is 12.1 Å². The van der Waals surface area contributed by atoms with Crippen LogP contribution in [0.2, 0.25) is 4.34 Å². The van der Waals surface area contributed by atoms with E-state index >= 15 is 0 Å². The molecule has 0 spiro atoms. The highest BCUT2D eigenvalue weighted by Gasteiger charge is 2.34. The third kappa shape index (κ3) is 1.86. The van der Waals surface area contributed by atoms with Crippen LogP contribution in [0.25, 0.3) is 0 Å². The number of hydrogen-bond acceptors (Lipinski definition) is 2. The lowest BCUT2D eigenvalue weighted by Gasteiger charge is -2.20. The van der Waals surface area contributed by atoms with E-state index in [0.717, 1.165) is 4.88 Å². The number of carbonyl (C=O) groups is 1. The maximum Gasteiger partial charge on any atom is 0.314 e. The molecule has 1 N–H and O–H groups in total. The Balaban J connectivity index is 3.09. The highest BCUT2D eigenvalue weighted by Crippen LogP contribution is 2.35. The predicted molar refractivity (Wildman–Crippen MR) is 54.6 cm³/mol. The summed E-state index contributed by atoms with van der Waals surface area (Å²) in [6.45, 7) is 3.58. The van der Waals surface area contributed by atoms with E-state index in [1.165, 1.54) is 11.3 Å². The lowest BCUT2D eigenvalue weighted by Crippen LogP contribution is -2.30. The van der Waals surface area contributed by atoms with Gasteiger partial charge in [-0.3, -0.25) is 4.79 Å². The zero-order valence-corrected chi connectivity index (χ0v) is 9.08. The van der Waals surface area contributed by atoms with Gasteiger partial charge in [-0.1, -0.05) is 18.5 Å². The van der Waals surface area contributed by atoms with E-state index in [9.17, 15) is 4.79 Å². The Morgan fingerprint density at radius 1 is 1.69 bits per heavy atom. The molecule has 2 nitrogen and oxygen atoms in total. The Morgan fingerprint density at radius 3 is 2.62 bits per heavy atom. The molecule has 1 rings (SSSR count). The van der Waals surface area contributed by atoms with Crippen molar-refractivity contribution in [2.24, 2.45) is 0 Å². The normalized spacial score (nSPS) is 15.3. The second kappa shape index (κ2) is 3.68. The standard InChI is InChI=1S/C9H11ClO2S/c1-3-9(2,8(11)12)6-4-5-7(10)13-6/h4-5H,3H2,1-2H3,(H,11,12). The fourth-order valence-electron chi connectivity index (χ4n) is 1.04. The SMILES string of the molecule is CCC(C)(C(=O)O)c1ccc(Cl)s1. The van der Waals surface area contributed by atoms with Gasteiger partial charge in [0.1, 0.15) is 0 Å². The van der Waals surface area contributed by atoms with Gasteiger partial charge in [0.15, 0.2) is 0 Å². The number of rotatable bonds is 3. The summed E-state index contributed by atoms with van der Waals surface area (Å²) in [4.78, 5) is 11.8. The summed E-state index contributed by atoms with van der Waals surface area (Å²) in [5.74, 6) is -0.798. The Bertz CT molecular complexity index is 321. The molecule has 1 atom stereocenters. The lowest BCUT2D eigenvalue weighted by molar-refractivity contribution is -0.143. The monoisotopic (exact) mass is 218 g/mol. The molecule has 0 fully saturated rings. The molecule has 0 saturated carbocycles. The van der Waals surface area contributed by atoms with Crippen LogP contribution < -0.4 is 0 Å². The summed E-state index contributed by atoms with van der Waals surface area (Å²) in [5.41, 5.74) is -0.794. The van der Waals surface area contributed by atoms with E-state index in [1.807, 2.05) is 6.92 Å². The molecule has 72 valence electrons. The molecule has 0 aliphatic heterocycles. The average molecular weight is 219 g/mol. The number of thiophene rings is 1. The summed E-state index contributed by atoms with van der Waals surface area (Å²) in [5, 5.41) is 9.06. The second-order valence-electron chi connectivity index (χ2n) is 3.09. The molecular weight excluding hydrogens is 208 g/mol. The van der Waals surface area contributed by atoms with Crippen molar-refractivity contribution < 1.29 is 9.90 Å². The van der Waals surface area contributed by atoms with Crippen LogP contribution in [0.1, 0.15) is 25.1 Å². The number of carboxylic acids is 1. The Kier molecular flexibility index (Phi) is 2.98. The van der Waals surface area contributed by atoms with E-state index in [2.05, 4.69) is 0 Å². The summed E-state index contributed by atoms with van der Waals surface area (Å²) in [6, 6.07) is 3.52. The fraction of sp³-hybridized carbons (Fsp3) is 0.444. The largest absolute Gasteiger partial charge is 0.481 e. The molecule has 0 amide bonds. The Morgan fingerprint density at radius 2 is 2.31 bits per heavy atom. The van der Waals surface area contributed by atoms with Gasteiger partial charge in [0.2, 0.25) is 0 Å². The smallest absolute Gasteiger partial charge is 0.314 e. The number of halogens is 1. The van der Waals surface area contributed by atoms with Crippen molar-refractivity contribution in [2.75, 3.05) is 0 Å². The summed E-state index contributed by atoms with van der Waals surface area (Å²) in [7, 11) is 0. The number of hydrogen-bond donors (Lipinski definition) is 1. The van der Waals surface area contributed by atoms with Crippen LogP contribution in [-0.4, -0.2) is 11.1 Å². The number of aliphatic carboxylic acids is 1. The molecule has 1 heterocycles. The topological polar surface area (TPSA) is 37.3 Å². The minimum atomic E-state index is -0.798. The van der Waals surface area contributed by atoms with Crippen LogP contribution in [-0.2, 0) is 10.2 Å². The molecule has 1 aromatic rings. The number of carboxylic acid groups (broad SMARTS) is 1. The van der Waals surface area contributed by atoms with Gasteiger partial charge >= 0.3 is 5.97 Å². The second-order valence-corrected chi connectivity index (χ2v) is 4.81. The van der Waals surface area contributed by atoms with Crippen LogP contribution in [0.5, 0.6) is 0 Å². The zero-order chi connectivity index (χ0) is 10.1. The first-order valence-corrected chi connectivity index (χ1v) is 5.19. The van der Waals surface area contributed by atoms with E-state index < -0.39 is 11.4 Å². The maximum absolute atomic E-state index is 11.0. The molecule has 0 bridgehead atoms. The maximum atomic E-state index is 11.0. The molecule has 13 heavy (non-hydrogen) atoms. The van der Waals surface area contributed by atoms with Gasteiger partial charge in [0.05, 0.1) is 9.75 Å².